The monoisotopic (exact) mass is 1850 g/mol. The normalized spacial score (nSPS) is 14.6. The zero-order chi connectivity index (χ0) is 93.0. The van der Waals surface area contributed by atoms with Crippen LogP contribution in [0.2, 0.25) is 9.36 Å². The molecule has 0 saturated heterocycles. The van der Waals surface area contributed by atoms with Crippen LogP contribution in [-0.2, 0) is 66.5 Å². The molecule has 0 fully saturated rings. The number of thiophene rings is 1. The molecule has 12 N–H and O–H groups in total. The van der Waals surface area contributed by atoms with Gasteiger partial charge < -0.3 is 48.6 Å². The van der Waals surface area contributed by atoms with Gasteiger partial charge in [0.15, 0.2) is 64.0 Å². The van der Waals surface area contributed by atoms with E-state index in [1.54, 1.807) is 85.7 Å². The minimum atomic E-state index is -1.35. The van der Waals surface area contributed by atoms with Gasteiger partial charge in [0.05, 0.1) is 75.5 Å². The Hall–Kier alpha value is -14.9. The Bertz CT molecular complexity index is 7380. The first kappa shape index (κ1) is 87.2. The van der Waals surface area contributed by atoms with Crippen LogP contribution >= 0.6 is 34.5 Å². The molecule has 16 heterocycles. The summed E-state index contributed by atoms with van der Waals surface area (Å²) in [5.41, 5.74) is 23.0. The molecule has 0 aliphatic carbocycles. The Labute approximate surface area is 736 Å². The molecule has 4 aliphatic rings. The Balaban J connectivity index is 0.000000121. The highest BCUT2D eigenvalue weighted by Crippen LogP contribution is 2.47. The van der Waals surface area contributed by atoms with Crippen LogP contribution in [0.1, 0.15) is 123 Å². The second-order valence-electron chi connectivity index (χ2n) is 32.2. The number of benzene rings is 4. The third kappa shape index (κ3) is 14.8. The summed E-state index contributed by atoms with van der Waals surface area (Å²) in [6.07, 6.45) is 2.55. The fourth-order valence-electron chi connectivity index (χ4n) is 15.5. The lowest BCUT2D eigenvalue weighted by Crippen LogP contribution is -2.27. The number of nitrogens with two attached hydrogens (primary N) is 4. The van der Waals surface area contributed by atoms with E-state index >= 15 is 0 Å². The van der Waals surface area contributed by atoms with Crippen LogP contribution < -0.4 is 44.2 Å². The zero-order valence-electron chi connectivity index (χ0n) is 68.3. The van der Waals surface area contributed by atoms with Gasteiger partial charge in [-0.15, -0.1) is 11.3 Å². The van der Waals surface area contributed by atoms with Crippen molar-refractivity contribution in [1.82, 2.24) is 83.0 Å². The standard InChI is InChI=1S/C22H16ClF3N6O.C22H16F4N6O.C21H16F3N7O.C20H14ClF3N6OS/c2*1-22(2)15-18(27)29-20(30-19(15)31-21(22)33)17-13-6-3-9(23)8-32(13)14(28-17)7-10-11(24)4-5-12(25)16(10)26;1-21(2)14-17(25)28-19(29-18(14)30-20(21)32)16-12-4-3-7-26-31(12)13(27-16)8-9-10(22)5-6-11(23)15(9)24;1-20(2)13-15(25)26-19(28-16(13)27-18(20)31)30-17-8(6-12(21)32-17)11(29-30)5-7-9(22)3-4-10(23)14(7)24/h2*3-6,8H,7H2,1-2H3,(H3,27,29,30,31,33);3-7H,8H2,1-2H3,(H3,25,28,29,30,32);3-4,6H,5H2,1-2H3,(H3,25,26,27,28,31). The molecule has 0 unspecified atom stereocenters. The van der Waals surface area contributed by atoms with Crippen molar-refractivity contribution >= 4 is 131 Å². The minimum absolute atomic E-state index is 0.0231. The number of pyridine rings is 2. The fraction of sp³-hybridized carbons (Fsp3) is 0.188. The highest BCUT2D eigenvalue weighted by atomic mass is 35.5. The van der Waals surface area contributed by atoms with Crippen LogP contribution in [0, 0.1) is 75.6 Å². The van der Waals surface area contributed by atoms with Crippen molar-refractivity contribution in [3.63, 3.8) is 0 Å². The Morgan fingerprint density at radius 2 is 0.746 bits per heavy atom. The first-order valence-electron chi connectivity index (χ1n) is 38.7. The van der Waals surface area contributed by atoms with Crippen molar-refractivity contribution in [1.29, 1.82) is 0 Å². The highest BCUT2D eigenvalue weighted by Gasteiger charge is 2.47. The summed E-state index contributed by atoms with van der Waals surface area (Å²) in [5, 5.41) is 20.2. The van der Waals surface area contributed by atoms with E-state index in [9.17, 15) is 76.3 Å². The molecular weight excluding hydrogens is 1790 g/mol. The molecule has 0 radical (unpaired) electrons. The van der Waals surface area contributed by atoms with Gasteiger partial charge in [0.2, 0.25) is 23.6 Å². The molecule has 0 spiro atoms. The molecular formula is C85H62Cl2F13N25O4S. The van der Waals surface area contributed by atoms with Gasteiger partial charge in [-0.25, -0.2) is 106 Å². The van der Waals surface area contributed by atoms with E-state index in [2.05, 4.69) is 86.3 Å². The van der Waals surface area contributed by atoms with Crippen LogP contribution in [0.4, 0.5) is 104 Å². The number of hydrogen-bond acceptors (Lipinski definition) is 22. The first-order chi connectivity index (χ1) is 61.4. The topological polar surface area (TPSA) is 406 Å². The average molecular weight is 1850 g/mol. The molecule has 4 aliphatic heterocycles. The number of halogens is 15. The van der Waals surface area contributed by atoms with Gasteiger partial charge in [0.25, 0.3) is 5.95 Å². The van der Waals surface area contributed by atoms with Gasteiger partial charge in [0.1, 0.15) is 115 Å². The van der Waals surface area contributed by atoms with Crippen molar-refractivity contribution < 1.29 is 76.3 Å². The van der Waals surface area contributed by atoms with Crippen molar-refractivity contribution in [2.75, 3.05) is 44.2 Å². The number of nitrogens with zero attached hydrogens (tertiary/aromatic N) is 17. The lowest BCUT2D eigenvalue weighted by atomic mass is 9.87. The Morgan fingerprint density at radius 1 is 0.392 bits per heavy atom. The van der Waals surface area contributed by atoms with Crippen LogP contribution in [0.3, 0.4) is 0 Å². The van der Waals surface area contributed by atoms with Crippen molar-refractivity contribution in [3.05, 3.63) is 262 Å². The molecule has 0 atom stereocenters. The van der Waals surface area contributed by atoms with Crippen LogP contribution in [0.5, 0.6) is 0 Å². The number of fused-ring (bicyclic) bond motifs is 8. The molecule has 130 heavy (non-hydrogen) atoms. The molecule has 45 heteroatoms. The second-order valence-corrected chi connectivity index (χ2v) is 34.3. The van der Waals surface area contributed by atoms with Gasteiger partial charge in [-0.05, 0) is 146 Å². The van der Waals surface area contributed by atoms with E-state index in [-0.39, 0.29) is 153 Å². The van der Waals surface area contributed by atoms with Gasteiger partial charge in [-0.3, -0.25) is 23.6 Å². The first-order valence-corrected chi connectivity index (χ1v) is 40.3. The predicted molar refractivity (Wildman–Crippen MR) is 452 cm³/mol. The van der Waals surface area contributed by atoms with Crippen molar-refractivity contribution in [2.24, 2.45) is 0 Å². The van der Waals surface area contributed by atoms with E-state index in [1.807, 2.05) is 0 Å². The smallest absolute Gasteiger partial charge is 0.255 e. The van der Waals surface area contributed by atoms with Gasteiger partial charge >= 0.3 is 0 Å². The number of aromatic nitrogens is 17. The number of imidazole rings is 3. The lowest BCUT2D eigenvalue weighted by Gasteiger charge is -2.16. The maximum absolute atomic E-state index is 14.3. The number of amides is 4. The number of nitrogens with one attached hydrogen (secondary N) is 4. The quantitative estimate of drug-likeness (QED) is 0.0416. The van der Waals surface area contributed by atoms with Crippen LogP contribution in [-0.4, -0.2) is 107 Å². The highest BCUT2D eigenvalue weighted by molar-refractivity contribution is 7.22. The number of anilines is 8. The van der Waals surface area contributed by atoms with Crippen LogP contribution in [0.25, 0.3) is 67.3 Å². The molecule has 4 amide bonds. The number of carbonyl (C=O) groups is 4. The summed E-state index contributed by atoms with van der Waals surface area (Å²) in [6.45, 7) is 13.6. The lowest BCUT2D eigenvalue weighted by molar-refractivity contribution is -0.120. The maximum Gasteiger partial charge on any atom is 0.255 e. The molecule has 0 saturated carbocycles. The molecule has 662 valence electrons. The SMILES string of the molecule is CC1(C)C(=O)Nc2nc(-c3nc(Cc4c(F)ccc(F)c4F)n4cc(Cl)ccc34)nc(N)c21.CC1(C)C(=O)Nc2nc(-c3nc(Cc4c(F)ccc(F)c4F)n4cc(F)ccc34)nc(N)c21.CC1(C)C(=O)Nc2nc(-c3nc(Cc4c(F)ccc(F)c4F)n4ncccc34)nc(N)c21.CC1(C)C(=O)Nc2nc(-n3nc(Cc4c(F)ccc(F)c4F)c4cc(Cl)sc43)nc(N)c21. The maximum atomic E-state index is 14.3. The summed E-state index contributed by atoms with van der Waals surface area (Å²) in [7, 11) is 0. The Kier molecular flexibility index (Phi) is 21.4. The number of hydrogen-bond donors (Lipinski definition) is 8. The molecule has 4 aromatic carbocycles. The molecule has 12 aromatic heterocycles. The number of carbonyl (C=O) groups excluding carboxylic acids is 4. The largest absolute Gasteiger partial charge is 0.383 e. The van der Waals surface area contributed by atoms with Gasteiger partial charge in [0, 0.05) is 71.9 Å². The minimum Gasteiger partial charge on any atom is -0.383 e. The van der Waals surface area contributed by atoms with E-state index in [1.165, 1.54) is 42.5 Å². The van der Waals surface area contributed by atoms with E-state index in [0.29, 0.717) is 64.4 Å². The van der Waals surface area contributed by atoms with E-state index < -0.39 is 126 Å². The number of nitrogen functional groups attached to an aromatic ring is 4. The average Bonchev–Trinajstić information content (AvgIpc) is 1.60. The van der Waals surface area contributed by atoms with Gasteiger partial charge in [-0.1, -0.05) is 23.2 Å². The summed E-state index contributed by atoms with van der Waals surface area (Å²) in [5.74, 6) is -13.3. The number of rotatable bonds is 12. The predicted octanol–water partition coefficient (Wildman–Crippen LogP) is 15.4. The summed E-state index contributed by atoms with van der Waals surface area (Å²) < 4.78 is 189. The second kappa shape index (κ2) is 31.9. The van der Waals surface area contributed by atoms with E-state index in [4.69, 9.17) is 46.1 Å². The summed E-state index contributed by atoms with van der Waals surface area (Å²) >= 11 is 13.5. The zero-order valence-corrected chi connectivity index (χ0v) is 70.7. The fourth-order valence-corrected chi connectivity index (χ4v) is 16.9. The van der Waals surface area contributed by atoms with E-state index in [0.717, 1.165) is 60.0 Å². The van der Waals surface area contributed by atoms with Crippen molar-refractivity contribution in [3.8, 4) is 40.5 Å². The van der Waals surface area contributed by atoms with Crippen LogP contribution in [0.15, 0.2) is 110 Å². The van der Waals surface area contributed by atoms with Gasteiger partial charge in [-0.2, -0.15) is 24.8 Å². The molecule has 20 rings (SSSR count). The van der Waals surface area contributed by atoms with Crippen molar-refractivity contribution in [2.45, 2.75) is 103 Å². The molecule has 0 bridgehead atoms. The molecule has 29 nitrogen and oxygen atoms in total. The third-order valence-corrected chi connectivity index (χ3v) is 23.9. The summed E-state index contributed by atoms with van der Waals surface area (Å²) in [6, 6.07) is 17.0. The Morgan fingerprint density at radius 3 is 1.17 bits per heavy atom. The molecule has 16 aromatic rings. The summed E-state index contributed by atoms with van der Waals surface area (Å²) in [4.78, 5) is 97.9. The third-order valence-electron chi connectivity index (χ3n) is 22.4.